The first-order valence-corrected chi connectivity index (χ1v) is 5.99. The van der Waals surface area contributed by atoms with Crippen LogP contribution in [0.25, 0.3) is 0 Å². The van der Waals surface area contributed by atoms with Crippen molar-refractivity contribution in [3.8, 4) is 0 Å². The van der Waals surface area contributed by atoms with Crippen molar-refractivity contribution < 1.29 is 18.0 Å². The molecule has 0 spiro atoms. The van der Waals surface area contributed by atoms with E-state index in [-0.39, 0.29) is 6.61 Å². The van der Waals surface area contributed by atoms with Gasteiger partial charge in [-0.15, -0.1) is 0 Å². The summed E-state index contributed by atoms with van der Waals surface area (Å²) in [5.74, 6) is 0.812. The molecule has 0 aromatic carbocycles. The fourth-order valence-electron chi connectivity index (χ4n) is 1.46. The highest BCUT2D eigenvalue weighted by atomic mass is 19.3. The lowest BCUT2D eigenvalue weighted by Gasteiger charge is -2.21. The van der Waals surface area contributed by atoms with E-state index < -0.39 is 18.6 Å². The van der Waals surface area contributed by atoms with E-state index in [1.807, 2.05) is 13.8 Å². The van der Waals surface area contributed by atoms with Crippen LogP contribution < -0.4 is 5.73 Å². The lowest BCUT2D eigenvalue weighted by atomic mass is 9.93. The third-order valence-corrected chi connectivity index (χ3v) is 2.88. The maximum atomic E-state index is 11.8. The molecule has 0 fully saturated rings. The average molecular weight is 263 g/mol. The van der Waals surface area contributed by atoms with Crippen molar-refractivity contribution in [1.82, 2.24) is 10.1 Å². The zero-order valence-electron chi connectivity index (χ0n) is 10.7. The van der Waals surface area contributed by atoms with E-state index >= 15 is 0 Å². The molecule has 1 heterocycles. The highest BCUT2D eigenvalue weighted by Crippen LogP contribution is 2.22. The first kappa shape index (κ1) is 15.0. The second kappa shape index (κ2) is 6.75. The largest absolute Gasteiger partial charge is 0.375 e. The predicted octanol–water partition coefficient (Wildman–Crippen LogP) is 1.87. The molecule has 0 aliphatic carbocycles. The van der Waals surface area contributed by atoms with Crippen LogP contribution in [-0.2, 0) is 16.7 Å². The molecule has 18 heavy (non-hydrogen) atoms. The summed E-state index contributed by atoms with van der Waals surface area (Å²) >= 11 is 0. The van der Waals surface area contributed by atoms with Crippen LogP contribution in [0.3, 0.4) is 0 Å². The molecule has 1 aromatic rings. The van der Waals surface area contributed by atoms with E-state index in [4.69, 9.17) is 15.0 Å². The van der Waals surface area contributed by atoms with E-state index in [0.29, 0.717) is 31.0 Å². The molecule has 7 heteroatoms. The van der Waals surface area contributed by atoms with Gasteiger partial charge < -0.3 is 15.0 Å². The van der Waals surface area contributed by atoms with Gasteiger partial charge in [0.2, 0.25) is 5.89 Å². The lowest BCUT2D eigenvalue weighted by molar-refractivity contribution is 0.0171. The van der Waals surface area contributed by atoms with Crippen molar-refractivity contribution in [2.75, 3.05) is 13.2 Å². The zero-order valence-corrected chi connectivity index (χ0v) is 10.7. The Morgan fingerprint density at radius 1 is 1.39 bits per heavy atom. The second-order valence-corrected chi connectivity index (χ2v) is 4.09. The third kappa shape index (κ3) is 3.99. The molecular formula is C11H19F2N3O2. The van der Waals surface area contributed by atoms with E-state index in [0.717, 1.165) is 0 Å². The minimum Gasteiger partial charge on any atom is -0.375 e. The number of aromatic nitrogens is 2. The summed E-state index contributed by atoms with van der Waals surface area (Å²) in [6.45, 7) is 3.45. The van der Waals surface area contributed by atoms with Crippen LogP contribution in [0.5, 0.6) is 0 Å². The molecule has 0 saturated carbocycles. The Labute approximate surface area is 105 Å². The molecule has 104 valence electrons. The van der Waals surface area contributed by atoms with Crippen molar-refractivity contribution >= 4 is 0 Å². The molecule has 0 amide bonds. The average Bonchev–Trinajstić information content (AvgIpc) is 2.83. The van der Waals surface area contributed by atoms with E-state index in [1.54, 1.807) is 0 Å². The maximum Gasteiger partial charge on any atom is 0.261 e. The number of ether oxygens (including phenoxy) is 1. The summed E-state index contributed by atoms with van der Waals surface area (Å²) < 4.78 is 33.4. The summed E-state index contributed by atoms with van der Waals surface area (Å²) in [6.07, 6.45) is -0.752. The number of rotatable bonds is 8. The second-order valence-electron chi connectivity index (χ2n) is 4.09. The topological polar surface area (TPSA) is 74.2 Å². The van der Waals surface area contributed by atoms with Crippen LogP contribution in [0, 0.1) is 0 Å². The molecule has 0 aliphatic heterocycles. The fraction of sp³-hybridized carbons (Fsp3) is 0.818. The smallest absolute Gasteiger partial charge is 0.261 e. The predicted molar refractivity (Wildman–Crippen MR) is 61.3 cm³/mol. The van der Waals surface area contributed by atoms with Crippen LogP contribution in [0.1, 0.15) is 38.4 Å². The Morgan fingerprint density at radius 2 is 2.06 bits per heavy atom. The number of halogens is 2. The van der Waals surface area contributed by atoms with Gasteiger partial charge in [0.05, 0.1) is 18.6 Å². The number of nitrogens with two attached hydrogens (primary N) is 1. The summed E-state index contributed by atoms with van der Waals surface area (Å²) in [5, 5.41) is 3.83. The summed E-state index contributed by atoms with van der Waals surface area (Å²) in [4.78, 5) is 4.17. The van der Waals surface area contributed by atoms with Gasteiger partial charge in [0.15, 0.2) is 5.82 Å². The molecular weight excluding hydrogens is 244 g/mol. The standard InChI is InChI=1S/C11H19F2N3O2/c1-3-11(14,4-2)10-15-9(18-16-10)5-6-17-7-8(12)13/h8H,3-7,14H2,1-2H3. The first-order chi connectivity index (χ1) is 8.51. The molecule has 0 atom stereocenters. The Bertz CT molecular complexity index is 354. The molecule has 2 N–H and O–H groups in total. The Morgan fingerprint density at radius 3 is 2.61 bits per heavy atom. The van der Waals surface area contributed by atoms with Gasteiger partial charge in [-0.05, 0) is 12.8 Å². The molecule has 0 unspecified atom stereocenters. The normalized spacial score (nSPS) is 12.3. The van der Waals surface area contributed by atoms with Crippen LogP contribution in [0.2, 0.25) is 0 Å². The van der Waals surface area contributed by atoms with Crippen LogP contribution in [0.4, 0.5) is 8.78 Å². The molecule has 0 radical (unpaired) electrons. The zero-order chi connectivity index (χ0) is 13.6. The van der Waals surface area contributed by atoms with Crippen LogP contribution in [-0.4, -0.2) is 29.8 Å². The number of nitrogens with zero attached hydrogens (tertiary/aromatic N) is 2. The third-order valence-electron chi connectivity index (χ3n) is 2.88. The number of alkyl halides is 2. The molecule has 1 rings (SSSR count). The Balaban J connectivity index is 2.48. The highest BCUT2D eigenvalue weighted by molar-refractivity contribution is 5.02. The van der Waals surface area contributed by atoms with E-state index in [9.17, 15) is 8.78 Å². The van der Waals surface area contributed by atoms with Gasteiger partial charge in [-0.25, -0.2) is 8.78 Å². The SMILES string of the molecule is CCC(N)(CC)c1noc(CCOCC(F)F)n1. The summed E-state index contributed by atoms with van der Waals surface area (Å²) in [7, 11) is 0. The summed E-state index contributed by atoms with van der Waals surface area (Å²) in [6, 6.07) is 0. The lowest BCUT2D eigenvalue weighted by Crippen LogP contribution is -2.36. The highest BCUT2D eigenvalue weighted by Gasteiger charge is 2.28. The summed E-state index contributed by atoms with van der Waals surface area (Å²) in [5.41, 5.74) is 5.52. The van der Waals surface area contributed by atoms with Crippen molar-refractivity contribution in [2.45, 2.75) is 45.1 Å². The fourth-order valence-corrected chi connectivity index (χ4v) is 1.46. The maximum absolute atomic E-state index is 11.8. The monoisotopic (exact) mass is 263 g/mol. The van der Waals surface area contributed by atoms with Crippen molar-refractivity contribution in [1.29, 1.82) is 0 Å². The van der Waals surface area contributed by atoms with Gasteiger partial charge in [-0.3, -0.25) is 0 Å². The van der Waals surface area contributed by atoms with Gasteiger partial charge in [0, 0.05) is 0 Å². The van der Waals surface area contributed by atoms with E-state index in [2.05, 4.69) is 10.1 Å². The molecule has 0 saturated heterocycles. The van der Waals surface area contributed by atoms with Gasteiger partial charge in [-0.2, -0.15) is 4.98 Å². The van der Waals surface area contributed by atoms with Gasteiger partial charge in [0.1, 0.15) is 6.61 Å². The number of hydrogen-bond acceptors (Lipinski definition) is 5. The van der Waals surface area contributed by atoms with Gasteiger partial charge in [0.25, 0.3) is 6.43 Å². The molecule has 0 bridgehead atoms. The molecule has 5 nitrogen and oxygen atoms in total. The van der Waals surface area contributed by atoms with Crippen molar-refractivity contribution in [3.63, 3.8) is 0 Å². The Kier molecular flexibility index (Phi) is 5.61. The minimum atomic E-state index is -2.46. The Hall–Kier alpha value is -1.08. The minimum absolute atomic E-state index is 0.127. The first-order valence-electron chi connectivity index (χ1n) is 5.99. The molecule has 1 aromatic heterocycles. The van der Waals surface area contributed by atoms with E-state index in [1.165, 1.54) is 0 Å². The van der Waals surface area contributed by atoms with Crippen LogP contribution in [0.15, 0.2) is 4.52 Å². The van der Waals surface area contributed by atoms with Crippen molar-refractivity contribution in [2.24, 2.45) is 5.73 Å². The van der Waals surface area contributed by atoms with Gasteiger partial charge in [-0.1, -0.05) is 19.0 Å². The van der Waals surface area contributed by atoms with Gasteiger partial charge >= 0.3 is 0 Å². The van der Waals surface area contributed by atoms with Crippen LogP contribution >= 0.6 is 0 Å². The quantitative estimate of drug-likeness (QED) is 0.725. The molecule has 0 aliphatic rings. The number of hydrogen-bond donors (Lipinski definition) is 1. The van der Waals surface area contributed by atoms with Crippen molar-refractivity contribution in [3.05, 3.63) is 11.7 Å².